The topological polar surface area (TPSA) is 17.1 Å². The largest absolute Gasteiger partial charge is 0.381 e. The van der Waals surface area contributed by atoms with Gasteiger partial charge in [0.2, 0.25) is 0 Å². The van der Waals surface area contributed by atoms with Crippen LogP contribution in [0.2, 0.25) is 0 Å². The predicted molar refractivity (Wildman–Crippen MR) is 6.44 cm³/mol. The summed E-state index contributed by atoms with van der Waals surface area (Å²) in [5, 5.41) is 0. The van der Waals surface area contributed by atoms with Gasteiger partial charge in [0, 0.05) is 33.8 Å². The summed E-state index contributed by atoms with van der Waals surface area (Å²) in [4.78, 5) is 0. The van der Waals surface area contributed by atoms with Crippen molar-refractivity contribution in [1.82, 2.24) is 0 Å². The minimum atomic E-state index is 0. The Morgan fingerprint density at radius 1 is 1.25 bits per heavy atom. The van der Waals surface area contributed by atoms with Gasteiger partial charge in [-0.3, -0.25) is 0 Å². The smallest absolute Gasteiger partial charge is 0.381 e. The average molecular weight is 159 g/mol. The van der Waals surface area contributed by atoms with Gasteiger partial charge in [-0.15, -0.1) is 0 Å². The summed E-state index contributed by atoms with van der Waals surface area (Å²) in [5.41, 5.74) is 0. The summed E-state index contributed by atoms with van der Waals surface area (Å²) >= 11 is 0. The van der Waals surface area contributed by atoms with Crippen molar-refractivity contribution < 1.29 is 38.3 Å². The maximum Gasteiger partial charge on any atom is 0.381 e. The maximum absolute atomic E-state index is 8.06. The summed E-state index contributed by atoms with van der Waals surface area (Å²) in [6, 6.07) is 0. The van der Waals surface area contributed by atoms with Crippen molar-refractivity contribution in [3.8, 4) is 0 Å². The first-order valence-corrected chi connectivity index (χ1v) is 0.612. The van der Waals surface area contributed by atoms with Crippen molar-refractivity contribution in [3.63, 3.8) is 0 Å². The second kappa shape index (κ2) is 34.4. The van der Waals surface area contributed by atoms with Crippen LogP contribution in [-0.4, -0.2) is 10.1 Å². The normalized spacial score (nSPS) is 1.00. The third-order valence-electron chi connectivity index (χ3n) is 0. The van der Waals surface area contributed by atoms with E-state index in [-0.39, 0.29) is 33.8 Å². The fourth-order valence-electron chi connectivity index (χ4n) is 0. The van der Waals surface area contributed by atoms with Crippen LogP contribution in [0.5, 0.6) is 0 Å². The van der Waals surface area contributed by atoms with Crippen molar-refractivity contribution in [1.29, 1.82) is 0 Å². The van der Waals surface area contributed by atoms with Gasteiger partial charge >= 0.3 is 10.1 Å². The maximum atomic E-state index is 8.06. The molecule has 0 aromatic carbocycles. The molecule has 0 unspecified atom stereocenters. The first-order chi connectivity index (χ1) is 1.00. The van der Waals surface area contributed by atoms with Gasteiger partial charge in [-0.25, -0.2) is 0 Å². The SMILES string of the molecule is O=[Si].[Co].[Fe]. The molecule has 4 heavy (non-hydrogen) atoms. The number of hydrogen-bond donors (Lipinski definition) is 0. The van der Waals surface area contributed by atoms with Crippen LogP contribution in [0.25, 0.3) is 0 Å². The van der Waals surface area contributed by atoms with Crippen molar-refractivity contribution in [3.05, 3.63) is 0 Å². The molecular formula is CoFeOSi. The molecule has 0 aromatic rings. The van der Waals surface area contributed by atoms with Crippen LogP contribution in [-0.2, 0) is 38.3 Å². The second-order valence-electron chi connectivity index (χ2n) is 0. The fraction of sp³-hybridized carbons (Fsp3) is 0. The summed E-state index contributed by atoms with van der Waals surface area (Å²) in [6.45, 7) is 0. The Morgan fingerprint density at radius 2 is 1.25 bits per heavy atom. The van der Waals surface area contributed by atoms with Crippen LogP contribution in [0.15, 0.2) is 0 Å². The van der Waals surface area contributed by atoms with Crippen molar-refractivity contribution in [2.75, 3.05) is 0 Å². The molecule has 0 N–H and O–H groups in total. The number of hydrogen-bond acceptors (Lipinski definition) is 1. The first-order valence-electron chi connectivity index (χ1n) is 0.204. The van der Waals surface area contributed by atoms with E-state index in [1.165, 1.54) is 0 Å². The molecule has 0 saturated carbocycles. The van der Waals surface area contributed by atoms with E-state index in [0.29, 0.717) is 0 Å². The van der Waals surface area contributed by atoms with Crippen LogP contribution in [0.1, 0.15) is 0 Å². The van der Waals surface area contributed by atoms with Gasteiger partial charge < -0.3 is 4.46 Å². The van der Waals surface area contributed by atoms with E-state index >= 15 is 0 Å². The number of rotatable bonds is 0. The molecule has 1 nitrogen and oxygen atoms in total. The Hall–Kier alpha value is 1.04. The van der Waals surface area contributed by atoms with Crippen LogP contribution in [0.3, 0.4) is 0 Å². The zero-order valence-corrected chi connectivity index (χ0v) is 4.74. The van der Waals surface area contributed by atoms with Gasteiger partial charge in [0.05, 0.1) is 0 Å². The summed E-state index contributed by atoms with van der Waals surface area (Å²) in [5.74, 6) is 0. The molecule has 4 heteroatoms. The first kappa shape index (κ1) is 19.8. The fourth-order valence-corrected chi connectivity index (χ4v) is 0. The standard InChI is InChI=1S/Co.Fe.OSi/c;;1-2. The van der Waals surface area contributed by atoms with Crippen LogP contribution in [0.4, 0.5) is 0 Å². The van der Waals surface area contributed by atoms with E-state index < -0.39 is 0 Å². The van der Waals surface area contributed by atoms with E-state index in [2.05, 4.69) is 0 Å². The summed E-state index contributed by atoms with van der Waals surface area (Å²) < 4.78 is 8.06. The third kappa shape index (κ3) is 11.7. The van der Waals surface area contributed by atoms with Crippen molar-refractivity contribution >= 4 is 10.1 Å². The minimum absolute atomic E-state index is 0. The van der Waals surface area contributed by atoms with Crippen molar-refractivity contribution in [2.24, 2.45) is 0 Å². The monoisotopic (exact) mass is 159 g/mol. The molecule has 0 amide bonds. The van der Waals surface area contributed by atoms with Gasteiger partial charge in [0.25, 0.3) is 0 Å². The molecule has 0 spiro atoms. The van der Waals surface area contributed by atoms with Gasteiger partial charge in [-0.05, 0) is 0 Å². The Balaban J connectivity index is -0.00000000500. The molecule has 0 atom stereocenters. The van der Waals surface area contributed by atoms with E-state index in [1.807, 2.05) is 0 Å². The van der Waals surface area contributed by atoms with E-state index in [9.17, 15) is 0 Å². The van der Waals surface area contributed by atoms with E-state index in [1.54, 1.807) is 10.1 Å². The van der Waals surface area contributed by atoms with Crippen molar-refractivity contribution in [2.45, 2.75) is 0 Å². The second-order valence-corrected chi connectivity index (χ2v) is 0. The third-order valence-corrected chi connectivity index (χ3v) is 0. The molecule has 0 aliphatic heterocycles. The summed E-state index contributed by atoms with van der Waals surface area (Å²) in [7, 11) is 1.72. The predicted octanol–water partition coefficient (Wildman–Crippen LogP) is -0.505. The molecule has 0 heterocycles. The van der Waals surface area contributed by atoms with Gasteiger partial charge in [-0.2, -0.15) is 0 Å². The average Bonchev–Trinajstić information content (AvgIpc) is 1.00. The Bertz CT molecular complexity index is 8.00. The Morgan fingerprint density at radius 3 is 1.25 bits per heavy atom. The Labute approximate surface area is 48.7 Å². The Kier molecular flexibility index (Phi) is 170. The molecule has 0 saturated heterocycles. The quantitative estimate of drug-likeness (QED) is 0.435. The van der Waals surface area contributed by atoms with E-state index in [4.69, 9.17) is 4.46 Å². The molecule has 0 aromatic heterocycles. The minimum Gasteiger partial charge on any atom is -0.381 e. The molecule has 0 aliphatic rings. The molecule has 0 bridgehead atoms. The van der Waals surface area contributed by atoms with Gasteiger partial charge in [0.1, 0.15) is 0 Å². The van der Waals surface area contributed by atoms with Crippen LogP contribution in [0, 0.1) is 0 Å². The molecule has 3 radical (unpaired) electrons. The van der Waals surface area contributed by atoms with Crippen LogP contribution >= 0.6 is 0 Å². The molecular weight excluding hydrogens is 159 g/mol. The summed E-state index contributed by atoms with van der Waals surface area (Å²) in [6.07, 6.45) is 0. The molecule has 0 rings (SSSR count). The zero-order valence-electron chi connectivity index (χ0n) is 1.60. The molecule has 27 valence electrons. The van der Waals surface area contributed by atoms with E-state index in [0.717, 1.165) is 0 Å². The van der Waals surface area contributed by atoms with Crippen LogP contribution < -0.4 is 0 Å². The molecule has 0 aliphatic carbocycles. The van der Waals surface area contributed by atoms with Gasteiger partial charge in [-0.1, -0.05) is 0 Å². The van der Waals surface area contributed by atoms with Gasteiger partial charge in [0.15, 0.2) is 0 Å². The zero-order chi connectivity index (χ0) is 2.00. The molecule has 0 fully saturated rings.